The number of ether oxygens (including phenoxy) is 4. The van der Waals surface area contributed by atoms with E-state index in [2.05, 4.69) is 5.32 Å². The lowest BCUT2D eigenvalue weighted by molar-refractivity contribution is -0.384. The third kappa shape index (κ3) is 5.90. The van der Waals surface area contributed by atoms with Gasteiger partial charge < -0.3 is 24.3 Å². The summed E-state index contributed by atoms with van der Waals surface area (Å²) < 4.78 is 48.2. The molecule has 194 valence electrons. The molecule has 2 aromatic rings. The molecule has 0 saturated carbocycles. The Bertz CT molecular complexity index is 1260. The van der Waals surface area contributed by atoms with Crippen LogP contribution in [-0.4, -0.2) is 76.1 Å². The van der Waals surface area contributed by atoms with E-state index in [9.17, 15) is 28.1 Å². The van der Waals surface area contributed by atoms with Crippen LogP contribution in [0.3, 0.4) is 0 Å². The highest BCUT2D eigenvalue weighted by molar-refractivity contribution is 7.89. The number of carbonyl (C=O) groups is 2. The van der Waals surface area contributed by atoms with Gasteiger partial charge in [-0.1, -0.05) is 0 Å². The van der Waals surface area contributed by atoms with Gasteiger partial charge in [0.05, 0.1) is 43.6 Å². The minimum atomic E-state index is -3.99. The molecule has 0 aliphatic carbocycles. The summed E-state index contributed by atoms with van der Waals surface area (Å²) in [7, 11) is -1.36. The van der Waals surface area contributed by atoms with E-state index in [0.29, 0.717) is 0 Å². The summed E-state index contributed by atoms with van der Waals surface area (Å²) in [6, 6.07) is 7.40. The van der Waals surface area contributed by atoms with Gasteiger partial charge in [0.2, 0.25) is 10.0 Å². The van der Waals surface area contributed by atoms with Gasteiger partial charge in [-0.3, -0.25) is 14.9 Å². The molecule has 1 aliphatic heterocycles. The van der Waals surface area contributed by atoms with Crippen LogP contribution in [0.25, 0.3) is 0 Å². The van der Waals surface area contributed by atoms with Crippen molar-refractivity contribution in [2.45, 2.75) is 17.9 Å². The molecule has 0 bridgehead atoms. The number of amides is 1. The van der Waals surface area contributed by atoms with Crippen LogP contribution < -0.4 is 14.8 Å². The first-order chi connectivity index (χ1) is 17.1. The molecule has 3 rings (SSSR count). The largest absolute Gasteiger partial charge is 0.495 e. The van der Waals surface area contributed by atoms with Crippen molar-refractivity contribution in [3.05, 3.63) is 52.1 Å². The zero-order valence-electron chi connectivity index (χ0n) is 19.8. The Morgan fingerprint density at radius 1 is 1.08 bits per heavy atom. The smallest absolute Gasteiger partial charge is 0.338 e. The molecule has 1 saturated heterocycles. The Balaban J connectivity index is 1.78. The van der Waals surface area contributed by atoms with Crippen LogP contribution in [-0.2, 0) is 24.3 Å². The highest BCUT2D eigenvalue weighted by Crippen LogP contribution is 2.30. The minimum Gasteiger partial charge on any atom is -0.495 e. The van der Waals surface area contributed by atoms with E-state index in [1.54, 1.807) is 0 Å². The number of nitro benzene ring substituents is 1. The summed E-state index contributed by atoms with van der Waals surface area (Å²) in [6.07, 6.45) is -1.33. The number of sulfonamides is 1. The Morgan fingerprint density at radius 3 is 2.33 bits per heavy atom. The van der Waals surface area contributed by atoms with Gasteiger partial charge in [0.15, 0.2) is 6.10 Å². The minimum absolute atomic E-state index is 0.0166. The second-order valence-electron chi connectivity index (χ2n) is 7.56. The van der Waals surface area contributed by atoms with Crippen LogP contribution in [0.2, 0.25) is 0 Å². The SMILES string of the molecule is COc1ccc([N+](=O)[O-])cc1NC(=O)C(C)OC(=O)c1ccc(OC)c(S(=O)(=O)N2CCOCC2)c1. The van der Waals surface area contributed by atoms with Crippen molar-refractivity contribution in [3.63, 3.8) is 0 Å². The van der Waals surface area contributed by atoms with Crippen molar-refractivity contribution in [1.82, 2.24) is 4.31 Å². The predicted octanol–water partition coefficient (Wildman–Crippen LogP) is 1.82. The Labute approximate surface area is 207 Å². The van der Waals surface area contributed by atoms with Crippen molar-refractivity contribution in [1.29, 1.82) is 0 Å². The van der Waals surface area contributed by atoms with Gasteiger partial charge in [-0.15, -0.1) is 0 Å². The molecule has 14 heteroatoms. The quantitative estimate of drug-likeness (QED) is 0.291. The van der Waals surface area contributed by atoms with Gasteiger partial charge in [0, 0.05) is 25.2 Å². The number of nitro groups is 1. The molecular formula is C22H25N3O10S. The van der Waals surface area contributed by atoms with Gasteiger partial charge >= 0.3 is 5.97 Å². The summed E-state index contributed by atoms with van der Waals surface area (Å²) in [5, 5.41) is 13.5. The second-order valence-corrected chi connectivity index (χ2v) is 9.47. The van der Waals surface area contributed by atoms with E-state index < -0.39 is 32.9 Å². The van der Waals surface area contributed by atoms with Crippen LogP contribution in [0, 0.1) is 10.1 Å². The molecule has 0 spiro atoms. The molecule has 1 aliphatic rings. The lowest BCUT2D eigenvalue weighted by Gasteiger charge is -2.26. The number of esters is 1. The normalized spacial score (nSPS) is 15.0. The number of hydrogen-bond donors (Lipinski definition) is 1. The molecule has 1 N–H and O–H groups in total. The number of anilines is 1. The monoisotopic (exact) mass is 523 g/mol. The molecular weight excluding hydrogens is 498 g/mol. The molecule has 1 heterocycles. The number of non-ortho nitro benzene ring substituents is 1. The van der Waals surface area contributed by atoms with Gasteiger partial charge in [-0.05, 0) is 31.2 Å². The molecule has 0 aromatic heterocycles. The van der Waals surface area contributed by atoms with Crippen molar-refractivity contribution in [3.8, 4) is 11.5 Å². The number of morpholine rings is 1. The van der Waals surface area contributed by atoms with Crippen molar-refractivity contribution < 1.29 is 41.9 Å². The number of methoxy groups -OCH3 is 2. The molecule has 1 unspecified atom stereocenters. The number of benzene rings is 2. The molecule has 0 radical (unpaired) electrons. The lowest BCUT2D eigenvalue weighted by atomic mass is 10.2. The van der Waals surface area contributed by atoms with E-state index in [1.807, 2.05) is 0 Å². The van der Waals surface area contributed by atoms with Crippen LogP contribution in [0.15, 0.2) is 41.3 Å². The summed E-state index contributed by atoms with van der Waals surface area (Å²) in [6.45, 7) is 2.08. The van der Waals surface area contributed by atoms with E-state index in [4.69, 9.17) is 18.9 Å². The van der Waals surface area contributed by atoms with E-state index >= 15 is 0 Å². The van der Waals surface area contributed by atoms with Gasteiger partial charge in [-0.25, -0.2) is 13.2 Å². The van der Waals surface area contributed by atoms with E-state index in [1.165, 1.54) is 49.7 Å². The first-order valence-corrected chi connectivity index (χ1v) is 12.1. The van der Waals surface area contributed by atoms with Crippen LogP contribution in [0.1, 0.15) is 17.3 Å². The van der Waals surface area contributed by atoms with Crippen LogP contribution in [0.5, 0.6) is 11.5 Å². The average Bonchev–Trinajstić information content (AvgIpc) is 2.88. The van der Waals surface area contributed by atoms with E-state index in [-0.39, 0.29) is 59.6 Å². The number of hydrogen-bond acceptors (Lipinski definition) is 10. The Morgan fingerprint density at radius 2 is 1.72 bits per heavy atom. The molecule has 1 atom stereocenters. The average molecular weight is 524 g/mol. The number of nitrogens with zero attached hydrogens (tertiary/aromatic N) is 2. The number of nitrogens with one attached hydrogen (secondary N) is 1. The first-order valence-electron chi connectivity index (χ1n) is 10.7. The predicted molar refractivity (Wildman–Crippen MR) is 126 cm³/mol. The zero-order chi connectivity index (χ0) is 26.5. The third-order valence-corrected chi connectivity index (χ3v) is 7.21. The van der Waals surface area contributed by atoms with Crippen LogP contribution >= 0.6 is 0 Å². The molecule has 1 amide bonds. The maximum Gasteiger partial charge on any atom is 0.338 e. The highest BCUT2D eigenvalue weighted by atomic mass is 32.2. The highest BCUT2D eigenvalue weighted by Gasteiger charge is 2.31. The van der Waals surface area contributed by atoms with Crippen molar-refractivity contribution >= 4 is 33.3 Å². The fourth-order valence-electron chi connectivity index (χ4n) is 3.36. The molecule has 36 heavy (non-hydrogen) atoms. The maximum absolute atomic E-state index is 13.1. The molecule has 2 aromatic carbocycles. The number of rotatable bonds is 9. The fourth-order valence-corrected chi connectivity index (χ4v) is 4.94. The second kappa shape index (κ2) is 11.3. The molecule has 13 nitrogen and oxygen atoms in total. The third-order valence-electron chi connectivity index (χ3n) is 5.29. The topological polar surface area (TPSA) is 164 Å². The summed E-state index contributed by atoms with van der Waals surface area (Å²) in [4.78, 5) is 35.5. The Kier molecular flexibility index (Phi) is 8.45. The standard InChI is InChI=1S/C22H25N3O10S/c1-14(21(26)23-17-13-16(25(28)29)5-7-18(17)32-2)35-22(27)15-4-6-19(33-3)20(12-15)36(30,31)24-8-10-34-11-9-24/h4-7,12-14H,8-11H2,1-3H3,(H,23,26). The molecule has 1 fully saturated rings. The summed E-state index contributed by atoms with van der Waals surface area (Å²) >= 11 is 0. The zero-order valence-corrected chi connectivity index (χ0v) is 20.6. The lowest BCUT2D eigenvalue weighted by Crippen LogP contribution is -2.40. The van der Waals surface area contributed by atoms with Gasteiger partial charge in [-0.2, -0.15) is 4.31 Å². The summed E-state index contributed by atoms with van der Waals surface area (Å²) in [5.74, 6) is -1.52. The van der Waals surface area contributed by atoms with Crippen molar-refractivity contribution in [2.75, 3.05) is 45.8 Å². The van der Waals surface area contributed by atoms with E-state index in [0.717, 1.165) is 12.1 Å². The Hall–Kier alpha value is -3.75. The summed E-state index contributed by atoms with van der Waals surface area (Å²) in [5.41, 5.74) is -0.374. The van der Waals surface area contributed by atoms with Crippen molar-refractivity contribution in [2.24, 2.45) is 0 Å². The maximum atomic E-state index is 13.1. The first kappa shape index (κ1) is 26.8. The van der Waals surface area contributed by atoms with Gasteiger partial charge in [0.25, 0.3) is 11.6 Å². The fraction of sp³-hybridized carbons (Fsp3) is 0.364. The van der Waals surface area contributed by atoms with Gasteiger partial charge in [0.1, 0.15) is 16.4 Å². The number of carbonyl (C=O) groups excluding carboxylic acids is 2. The van der Waals surface area contributed by atoms with Crippen LogP contribution in [0.4, 0.5) is 11.4 Å².